The van der Waals surface area contributed by atoms with Crippen LogP contribution in [0.25, 0.3) is 0 Å². The molecule has 4 heteroatoms. The highest BCUT2D eigenvalue weighted by atomic mass is 16.5. The van der Waals surface area contributed by atoms with Crippen LogP contribution in [-0.4, -0.2) is 29.9 Å². The maximum atomic E-state index is 10.0. The number of aliphatic hydroxyl groups is 1. The van der Waals surface area contributed by atoms with Crippen LogP contribution in [0.15, 0.2) is 18.5 Å². The number of ether oxygens (including phenoxy) is 2. The molecular weight excluding hydrogens is 194 g/mol. The molecule has 1 aromatic heterocycles. The summed E-state index contributed by atoms with van der Waals surface area (Å²) in [7, 11) is 3.13. The molecule has 84 valence electrons. The summed E-state index contributed by atoms with van der Waals surface area (Å²) in [5.41, 5.74) is 0.0369. The lowest BCUT2D eigenvalue weighted by atomic mass is 9.96. The van der Waals surface area contributed by atoms with Gasteiger partial charge in [0.15, 0.2) is 0 Å². The minimum Gasteiger partial charge on any atom is -0.495 e. The van der Waals surface area contributed by atoms with E-state index in [1.165, 1.54) is 0 Å². The Morgan fingerprint density at radius 3 is 2.53 bits per heavy atom. The van der Waals surface area contributed by atoms with Gasteiger partial charge in [-0.3, -0.25) is 4.98 Å². The smallest absolute Gasteiger partial charge is 0.137 e. The van der Waals surface area contributed by atoms with Crippen molar-refractivity contribution in [3.05, 3.63) is 24.0 Å². The molecule has 0 spiro atoms. The lowest BCUT2D eigenvalue weighted by Crippen LogP contribution is -2.31. The molecule has 0 saturated carbocycles. The van der Waals surface area contributed by atoms with Gasteiger partial charge in [0.1, 0.15) is 11.9 Å². The van der Waals surface area contributed by atoms with Crippen LogP contribution in [0.5, 0.6) is 5.75 Å². The lowest BCUT2D eigenvalue weighted by Gasteiger charge is -2.29. The number of aromatic nitrogens is 1. The summed E-state index contributed by atoms with van der Waals surface area (Å²) in [4.78, 5) is 3.98. The molecule has 0 fully saturated rings. The van der Waals surface area contributed by atoms with E-state index in [0.29, 0.717) is 11.3 Å². The molecule has 1 rings (SSSR count). The van der Waals surface area contributed by atoms with Crippen LogP contribution in [0.1, 0.15) is 25.5 Å². The number of pyridine rings is 1. The van der Waals surface area contributed by atoms with Gasteiger partial charge in [0, 0.05) is 18.9 Å². The van der Waals surface area contributed by atoms with E-state index in [2.05, 4.69) is 4.98 Å². The fraction of sp³-hybridized carbons (Fsp3) is 0.545. The molecule has 1 atom stereocenters. The first kappa shape index (κ1) is 11.9. The van der Waals surface area contributed by atoms with Crippen molar-refractivity contribution >= 4 is 0 Å². The normalized spacial score (nSPS) is 13.7. The molecule has 1 unspecified atom stereocenters. The minimum absolute atomic E-state index is 0.624. The van der Waals surface area contributed by atoms with Crippen LogP contribution in [0.2, 0.25) is 0 Å². The summed E-state index contributed by atoms with van der Waals surface area (Å²) in [5.74, 6) is 0.624. The fourth-order valence-electron chi connectivity index (χ4n) is 1.21. The Balaban J connectivity index is 2.95. The SMILES string of the molecule is COc1cncc(C(O)C(C)(C)OC)c1. The Morgan fingerprint density at radius 1 is 1.33 bits per heavy atom. The van der Waals surface area contributed by atoms with E-state index in [1.807, 2.05) is 13.8 Å². The second-order valence-electron chi connectivity index (χ2n) is 3.87. The fourth-order valence-corrected chi connectivity index (χ4v) is 1.21. The topological polar surface area (TPSA) is 51.6 Å². The molecule has 15 heavy (non-hydrogen) atoms. The first-order valence-electron chi connectivity index (χ1n) is 4.73. The highest BCUT2D eigenvalue weighted by Crippen LogP contribution is 2.29. The molecule has 0 amide bonds. The number of nitrogens with zero attached hydrogens (tertiary/aromatic N) is 1. The quantitative estimate of drug-likeness (QED) is 0.821. The Hall–Kier alpha value is -1.13. The molecule has 1 heterocycles. The van der Waals surface area contributed by atoms with Crippen LogP contribution in [0, 0.1) is 0 Å². The molecule has 0 aliphatic heterocycles. The van der Waals surface area contributed by atoms with Crippen molar-refractivity contribution in [1.82, 2.24) is 4.98 Å². The summed E-state index contributed by atoms with van der Waals surface area (Å²) in [6.45, 7) is 3.63. The van der Waals surface area contributed by atoms with E-state index < -0.39 is 11.7 Å². The van der Waals surface area contributed by atoms with E-state index in [1.54, 1.807) is 32.7 Å². The first-order valence-corrected chi connectivity index (χ1v) is 4.73. The molecular formula is C11H17NO3. The van der Waals surface area contributed by atoms with Crippen molar-refractivity contribution in [2.45, 2.75) is 25.6 Å². The van der Waals surface area contributed by atoms with E-state index in [4.69, 9.17) is 9.47 Å². The predicted octanol–water partition coefficient (Wildman–Crippen LogP) is 1.55. The summed E-state index contributed by atoms with van der Waals surface area (Å²) >= 11 is 0. The van der Waals surface area contributed by atoms with Gasteiger partial charge in [-0.05, 0) is 19.9 Å². The van der Waals surface area contributed by atoms with Gasteiger partial charge in [-0.2, -0.15) is 0 Å². The number of hydrogen-bond donors (Lipinski definition) is 1. The van der Waals surface area contributed by atoms with Crippen LogP contribution >= 0.6 is 0 Å². The van der Waals surface area contributed by atoms with Crippen molar-refractivity contribution in [3.8, 4) is 5.75 Å². The van der Waals surface area contributed by atoms with Crippen molar-refractivity contribution < 1.29 is 14.6 Å². The standard InChI is InChI=1S/C11H17NO3/c1-11(2,15-4)10(13)8-5-9(14-3)7-12-6-8/h5-7,10,13H,1-4H3. The van der Waals surface area contributed by atoms with Crippen molar-refractivity contribution in [2.75, 3.05) is 14.2 Å². The molecule has 0 aliphatic rings. The Morgan fingerprint density at radius 2 is 2.00 bits per heavy atom. The first-order chi connectivity index (χ1) is 7.01. The molecule has 0 saturated heterocycles. The van der Waals surface area contributed by atoms with E-state index >= 15 is 0 Å². The van der Waals surface area contributed by atoms with Crippen LogP contribution < -0.4 is 4.74 Å². The second kappa shape index (κ2) is 4.59. The van der Waals surface area contributed by atoms with Gasteiger partial charge in [-0.1, -0.05) is 0 Å². The summed E-state index contributed by atoms with van der Waals surface area (Å²) in [5, 5.41) is 10.0. The Bertz CT molecular complexity index is 325. The largest absolute Gasteiger partial charge is 0.495 e. The number of hydrogen-bond acceptors (Lipinski definition) is 4. The zero-order chi connectivity index (χ0) is 11.5. The minimum atomic E-state index is -0.731. The van der Waals surface area contributed by atoms with E-state index in [0.717, 1.165) is 0 Å². The van der Waals surface area contributed by atoms with Gasteiger partial charge in [-0.25, -0.2) is 0 Å². The summed E-state index contributed by atoms with van der Waals surface area (Å²) in [6, 6.07) is 1.75. The molecule has 0 radical (unpaired) electrons. The van der Waals surface area contributed by atoms with Crippen LogP contribution in [-0.2, 0) is 4.74 Å². The van der Waals surface area contributed by atoms with Gasteiger partial charge in [0.25, 0.3) is 0 Å². The Kier molecular flexibility index (Phi) is 3.66. The van der Waals surface area contributed by atoms with Gasteiger partial charge < -0.3 is 14.6 Å². The second-order valence-corrected chi connectivity index (χ2v) is 3.87. The third-order valence-corrected chi connectivity index (χ3v) is 2.47. The van der Waals surface area contributed by atoms with E-state index in [9.17, 15) is 5.11 Å². The zero-order valence-electron chi connectivity index (χ0n) is 9.52. The average Bonchev–Trinajstić information content (AvgIpc) is 2.28. The van der Waals surface area contributed by atoms with E-state index in [-0.39, 0.29) is 0 Å². The number of methoxy groups -OCH3 is 2. The third-order valence-electron chi connectivity index (χ3n) is 2.47. The van der Waals surface area contributed by atoms with Crippen LogP contribution in [0.4, 0.5) is 0 Å². The van der Waals surface area contributed by atoms with Crippen molar-refractivity contribution in [2.24, 2.45) is 0 Å². The van der Waals surface area contributed by atoms with Gasteiger partial charge in [-0.15, -0.1) is 0 Å². The highest BCUT2D eigenvalue weighted by Gasteiger charge is 2.29. The van der Waals surface area contributed by atoms with Crippen molar-refractivity contribution in [1.29, 1.82) is 0 Å². The monoisotopic (exact) mass is 211 g/mol. The predicted molar refractivity (Wildman–Crippen MR) is 56.8 cm³/mol. The number of rotatable bonds is 4. The lowest BCUT2D eigenvalue weighted by molar-refractivity contribution is -0.0795. The summed E-state index contributed by atoms with van der Waals surface area (Å²) in [6.07, 6.45) is 2.47. The zero-order valence-corrected chi connectivity index (χ0v) is 9.52. The molecule has 0 aliphatic carbocycles. The summed E-state index contributed by atoms with van der Waals surface area (Å²) < 4.78 is 10.2. The van der Waals surface area contributed by atoms with Gasteiger partial charge in [0.2, 0.25) is 0 Å². The maximum absolute atomic E-state index is 10.0. The average molecular weight is 211 g/mol. The van der Waals surface area contributed by atoms with Crippen LogP contribution in [0.3, 0.4) is 0 Å². The molecule has 0 aromatic carbocycles. The molecule has 4 nitrogen and oxygen atoms in total. The Labute approximate surface area is 89.9 Å². The van der Waals surface area contributed by atoms with Gasteiger partial charge in [0.05, 0.1) is 18.9 Å². The molecule has 1 aromatic rings. The molecule has 1 N–H and O–H groups in total. The third kappa shape index (κ3) is 2.67. The van der Waals surface area contributed by atoms with Gasteiger partial charge >= 0.3 is 0 Å². The number of aliphatic hydroxyl groups excluding tert-OH is 1. The molecule has 0 bridgehead atoms. The van der Waals surface area contributed by atoms with Crippen molar-refractivity contribution in [3.63, 3.8) is 0 Å². The highest BCUT2D eigenvalue weighted by molar-refractivity contribution is 5.26. The maximum Gasteiger partial charge on any atom is 0.137 e.